The fourth-order valence-corrected chi connectivity index (χ4v) is 11.4. The molecule has 1 amide bonds. The van der Waals surface area contributed by atoms with E-state index in [1.54, 1.807) is 0 Å². The van der Waals surface area contributed by atoms with Gasteiger partial charge in [0.15, 0.2) is 6.61 Å². The summed E-state index contributed by atoms with van der Waals surface area (Å²) < 4.78 is 5.76. The topological polar surface area (TPSA) is 95.9 Å². The number of esters is 1. The molecule has 226 valence electrons. The van der Waals surface area contributed by atoms with Gasteiger partial charge >= 0.3 is 5.97 Å². The molecule has 0 heterocycles. The third-order valence-electron chi connectivity index (χ3n) is 14.1. The standard InChI is InChI=1S/C34H55NO5/c1-21-10-15-34(29(39)40-20-27(38)35-18-19-36)17-16-32(6)23(28(34)22(21)2)8-9-25-31(5)13-12-26(37)30(3,4)24(31)11-14-33(25,32)7/h8,21-22,24-26,28,36-37H,9-20H2,1-7H3,(H,35,38)/t21-,22+,24+,25-,26+,28+,31+,32-,33-,34+/m1/s1. The Labute approximate surface area is 242 Å². The Morgan fingerprint density at radius 3 is 2.40 bits per heavy atom. The molecule has 5 rings (SSSR count). The molecule has 5 aliphatic carbocycles. The van der Waals surface area contributed by atoms with Crippen molar-refractivity contribution >= 4 is 11.9 Å². The lowest BCUT2D eigenvalue weighted by Gasteiger charge is -2.71. The number of aliphatic hydroxyl groups excluding tert-OH is 2. The van der Waals surface area contributed by atoms with E-state index in [0.717, 1.165) is 51.4 Å². The molecule has 0 spiro atoms. The van der Waals surface area contributed by atoms with E-state index in [-0.39, 0.29) is 65.3 Å². The van der Waals surface area contributed by atoms with Crippen molar-refractivity contribution in [2.75, 3.05) is 19.8 Å². The van der Waals surface area contributed by atoms with Crippen LogP contribution in [-0.2, 0) is 14.3 Å². The van der Waals surface area contributed by atoms with Crippen molar-refractivity contribution in [3.05, 3.63) is 11.6 Å². The third-order valence-corrected chi connectivity index (χ3v) is 14.1. The van der Waals surface area contributed by atoms with Crippen LogP contribution in [-0.4, -0.2) is 48.0 Å². The summed E-state index contributed by atoms with van der Waals surface area (Å²) in [7, 11) is 0. The van der Waals surface area contributed by atoms with E-state index >= 15 is 0 Å². The number of rotatable bonds is 5. The first-order valence-corrected chi connectivity index (χ1v) is 16.1. The largest absolute Gasteiger partial charge is 0.455 e. The number of allylic oxidation sites excluding steroid dienone is 2. The van der Waals surface area contributed by atoms with Crippen LogP contribution in [0.3, 0.4) is 0 Å². The Kier molecular flexibility index (Phi) is 7.60. The molecule has 5 aliphatic rings. The van der Waals surface area contributed by atoms with E-state index in [9.17, 15) is 14.7 Å². The fraction of sp³-hybridized carbons (Fsp3) is 0.882. The summed E-state index contributed by atoms with van der Waals surface area (Å²) >= 11 is 0. The van der Waals surface area contributed by atoms with Crippen LogP contribution in [0.25, 0.3) is 0 Å². The summed E-state index contributed by atoms with van der Waals surface area (Å²) in [5.41, 5.74) is 1.21. The Balaban J connectivity index is 1.50. The van der Waals surface area contributed by atoms with Crippen molar-refractivity contribution in [3.8, 4) is 0 Å². The minimum absolute atomic E-state index is 0.0162. The number of fused-ring (bicyclic) bond motifs is 7. The summed E-state index contributed by atoms with van der Waals surface area (Å²) in [6.45, 7) is 16.6. The summed E-state index contributed by atoms with van der Waals surface area (Å²) in [6, 6.07) is 0. The zero-order chi connectivity index (χ0) is 29.3. The van der Waals surface area contributed by atoms with E-state index in [0.29, 0.717) is 23.7 Å². The van der Waals surface area contributed by atoms with Gasteiger partial charge in [-0.25, -0.2) is 0 Å². The molecule has 6 nitrogen and oxygen atoms in total. The lowest BCUT2D eigenvalue weighted by molar-refractivity contribution is -0.207. The molecule has 0 unspecified atom stereocenters. The second-order valence-electron chi connectivity index (χ2n) is 15.8. The molecular formula is C34H55NO5. The van der Waals surface area contributed by atoms with E-state index in [1.807, 2.05) is 0 Å². The first kappa shape index (κ1) is 30.1. The highest BCUT2D eigenvalue weighted by molar-refractivity contribution is 5.83. The number of aliphatic hydroxyl groups is 2. The number of nitrogens with one attached hydrogen (secondary N) is 1. The normalized spacial score (nSPS) is 47.5. The third kappa shape index (κ3) is 4.08. The van der Waals surface area contributed by atoms with Gasteiger partial charge in [-0.15, -0.1) is 0 Å². The Bertz CT molecular complexity index is 1050. The van der Waals surface area contributed by atoms with E-state index in [2.05, 4.69) is 59.9 Å². The summed E-state index contributed by atoms with van der Waals surface area (Å²) in [4.78, 5) is 26.2. The Hall–Kier alpha value is -1.40. The van der Waals surface area contributed by atoms with Gasteiger partial charge in [-0.2, -0.15) is 0 Å². The van der Waals surface area contributed by atoms with Gasteiger partial charge in [0, 0.05) is 6.54 Å². The first-order valence-electron chi connectivity index (χ1n) is 16.1. The number of hydrogen-bond acceptors (Lipinski definition) is 5. The molecule has 4 fully saturated rings. The first-order chi connectivity index (χ1) is 18.7. The minimum atomic E-state index is -0.574. The van der Waals surface area contributed by atoms with Crippen LogP contribution in [0.4, 0.5) is 0 Å². The molecule has 0 saturated heterocycles. The quantitative estimate of drug-likeness (QED) is 0.300. The molecule has 40 heavy (non-hydrogen) atoms. The molecule has 3 N–H and O–H groups in total. The van der Waals surface area contributed by atoms with Crippen LogP contribution in [0.5, 0.6) is 0 Å². The maximum atomic E-state index is 14.0. The zero-order valence-corrected chi connectivity index (χ0v) is 26.1. The lowest BCUT2D eigenvalue weighted by Crippen LogP contribution is -2.65. The van der Waals surface area contributed by atoms with Gasteiger partial charge in [0.1, 0.15) is 0 Å². The molecule has 4 saturated carbocycles. The number of carbonyl (C=O) groups is 2. The molecule has 10 atom stereocenters. The predicted octanol–water partition coefficient (Wildman–Crippen LogP) is 5.66. The van der Waals surface area contributed by atoms with Crippen LogP contribution >= 0.6 is 0 Å². The molecule has 0 aromatic rings. The fourth-order valence-electron chi connectivity index (χ4n) is 11.4. The molecule has 6 heteroatoms. The molecule has 0 radical (unpaired) electrons. The van der Waals surface area contributed by atoms with Crippen LogP contribution in [0.2, 0.25) is 0 Å². The van der Waals surface area contributed by atoms with Gasteiger partial charge < -0.3 is 20.3 Å². The minimum Gasteiger partial charge on any atom is -0.455 e. The van der Waals surface area contributed by atoms with Crippen LogP contribution in [0.1, 0.15) is 106 Å². The molecular weight excluding hydrogens is 502 g/mol. The molecule has 0 bridgehead atoms. The molecule has 0 aliphatic heterocycles. The number of ether oxygens (including phenoxy) is 1. The van der Waals surface area contributed by atoms with Crippen molar-refractivity contribution in [2.45, 2.75) is 112 Å². The number of hydrogen-bond donors (Lipinski definition) is 3. The molecule has 0 aromatic heterocycles. The van der Waals surface area contributed by atoms with Gasteiger partial charge in [0.05, 0.1) is 18.1 Å². The lowest BCUT2D eigenvalue weighted by atomic mass is 9.33. The van der Waals surface area contributed by atoms with Crippen molar-refractivity contribution < 1.29 is 24.5 Å². The van der Waals surface area contributed by atoms with Crippen molar-refractivity contribution in [2.24, 2.45) is 56.7 Å². The van der Waals surface area contributed by atoms with Crippen LogP contribution in [0.15, 0.2) is 11.6 Å². The predicted molar refractivity (Wildman–Crippen MR) is 156 cm³/mol. The van der Waals surface area contributed by atoms with Crippen LogP contribution < -0.4 is 5.32 Å². The Morgan fingerprint density at radius 1 is 0.975 bits per heavy atom. The van der Waals surface area contributed by atoms with Gasteiger partial charge in [0.2, 0.25) is 0 Å². The highest BCUT2D eigenvalue weighted by Crippen LogP contribution is 2.75. The summed E-state index contributed by atoms with van der Waals surface area (Å²) in [5.74, 6) is 1.55. The van der Waals surface area contributed by atoms with Gasteiger partial charge in [0.25, 0.3) is 5.91 Å². The van der Waals surface area contributed by atoms with Gasteiger partial charge in [-0.1, -0.05) is 60.1 Å². The van der Waals surface area contributed by atoms with Crippen molar-refractivity contribution in [1.82, 2.24) is 5.32 Å². The van der Waals surface area contributed by atoms with Crippen LogP contribution in [0, 0.1) is 56.7 Å². The Morgan fingerprint density at radius 2 is 1.70 bits per heavy atom. The number of amides is 1. The zero-order valence-electron chi connectivity index (χ0n) is 26.1. The number of carbonyl (C=O) groups excluding carboxylic acids is 2. The smallest absolute Gasteiger partial charge is 0.313 e. The van der Waals surface area contributed by atoms with E-state index in [1.165, 1.54) is 12.0 Å². The van der Waals surface area contributed by atoms with E-state index in [4.69, 9.17) is 9.84 Å². The van der Waals surface area contributed by atoms with Crippen molar-refractivity contribution in [1.29, 1.82) is 0 Å². The van der Waals surface area contributed by atoms with Crippen molar-refractivity contribution in [3.63, 3.8) is 0 Å². The summed E-state index contributed by atoms with van der Waals surface area (Å²) in [5, 5.41) is 22.6. The maximum Gasteiger partial charge on any atom is 0.313 e. The monoisotopic (exact) mass is 557 g/mol. The SMILES string of the molecule is C[C@H]1[C@H](C)CC[C@]2(C(=O)OCC(=O)NCCO)CC[C@]3(C)C(=CC[C@@H]4[C@@]5(C)CC[C@H](O)C(C)(C)[C@@H]5CC[C@]43C)[C@H]12. The average molecular weight is 558 g/mol. The van der Waals surface area contributed by atoms with Gasteiger partial charge in [-0.3, -0.25) is 9.59 Å². The second-order valence-corrected chi connectivity index (χ2v) is 15.8. The highest BCUT2D eigenvalue weighted by atomic mass is 16.5. The maximum absolute atomic E-state index is 14.0. The highest BCUT2D eigenvalue weighted by Gasteiger charge is 2.69. The second kappa shape index (κ2) is 10.1. The summed E-state index contributed by atoms with van der Waals surface area (Å²) in [6.07, 6.45) is 11.3. The van der Waals surface area contributed by atoms with Gasteiger partial charge in [-0.05, 0) is 109 Å². The van der Waals surface area contributed by atoms with E-state index < -0.39 is 5.41 Å². The average Bonchev–Trinajstić information content (AvgIpc) is 2.90. The molecule has 0 aromatic carbocycles.